The molecule has 0 bridgehead atoms. The van der Waals surface area contributed by atoms with Gasteiger partial charge in [-0.05, 0) is 43.0 Å². The first-order chi connectivity index (χ1) is 12.4. The van der Waals surface area contributed by atoms with Crippen LogP contribution >= 0.6 is 0 Å². The topological polar surface area (TPSA) is 71.5 Å². The molecule has 1 aliphatic rings. The van der Waals surface area contributed by atoms with E-state index in [0.717, 1.165) is 0 Å². The molecule has 1 saturated carbocycles. The van der Waals surface area contributed by atoms with Gasteiger partial charge >= 0.3 is 0 Å². The van der Waals surface area contributed by atoms with E-state index in [9.17, 15) is 18.0 Å². The Bertz CT molecular complexity index is 808. The first-order valence-electron chi connectivity index (χ1n) is 7.99. The fourth-order valence-corrected chi connectivity index (χ4v) is 2.93. The number of pyridine rings is 1. The predicted molar refractivity (Wildman–Crippen MR) is 86.6 cm³/mol. The van der Waals surface area contributed by atoms with E-state index in [1.807, 2.05) is 0 Å². The van der Waals surface area contributed by atoms with Gasteiger partial charge in [0.25, 0.3) is 12.3 Å². The van der Waals surface area contributed by atoms with Crippen molar-refractivity contribution in [3.05, 3.63) is 53.2 Å². The largest absolute Gasteiger partial charge is 0.439 e. The third-order valence-electron chi connectivity index (χ3n) is 4.60. The minimum atomic E-state index is -3.01. The number of halogens is 3. The number of amides is 1. The number of benzene rings is 1. The maximum Gasteiger partial charge on any atom is 0.276 e. The lowest BCUT2D eigenvalue weighted by Crippen LogP contribution is -2.28. The minimum Gasteiger partial charge on any atom is -0.439 e. The van der Waals surface area contributed by atoms with Gasteiger partial charge in [0.1, 0.15) is 5.75 Å². The molecule has 8 heteroatoms. The second-order valence-corrected chi connectivity index (χ2v) is 6.30. The molecule has 1 atom stereocenters. The Hall–Kier alpha value is -2.61. The minimum absolute atomic E-state index is 0.156. The molecule has 5 nitrogen and oxygen atoms in total. The molecular formula is C18H17F3N2O3. The zero-order valence-electron chi connectivity index (χ0n) is 13.9. The Kier molecular flexibility index (Phi) is 4.86. The smallest absolute Gasteiger partial charge is 0.276 e. The van der Waals surface area contributed by atoms with Gasteiger partial charge in [0.2, 0.25) is 5.88 Å². The molecule has 1 heterocycles. The normalized spacial score (nSPS) is 16.2. The number of carbonyl (C=O) groups is 1. The van der Waals surface area contributed by atoms with Gasteiger partial charge in [0.15, 0.2) is 6.17 Å². The Balaban J connectivity index is 1.77. The molecule has 1 aliphatic carbocycles. The maximum absolute atomic E-state index is 13.9. The number of rotatable bonds is 6. The van der Waals surface area contributed by atoms with Crippen LogP contribution in [0.3, 0.4) is 0 Å². The second kappa shape index (κ2) is 6.95. The van der Waals surface area contributed by atoms with Gasteiger partial charge in [-0.1, -0.05) is 12.1 Å². The average Bonchev–Trinajstić information content (AvgIpc) is 3.44. The summed E-state index contributed by atoms with van der Waals surface area (Å²) in [7, 11) is 0. The quantitative estimate of drug-likeness (QED) is 0.600. The lowest BCUT2D eigenvalue weighted by Gasteiger charge is -2.21. The molecule has 26 heavy (non-hydrogen) atoms. The fourth-order valence-electron chi connectivity index (χ4n) is 2.93. The van der Waals surface area contributed by atoms with E-state index in [2.05, 4.69) is 4.98 Å². The molecule has 2 aromatic rings. The van der Waals surface area contributed by atoms with Crippen LogP contribution in [0.1, 0.15) is 34.3 Å². The van der Waals surface area contributed by atoms with Gasteiger partial charge in [0.05, 0.1) is 5.56 Å². The molecule has 0 aliphatic heterocycles. The standard InChI is InChI=1S/C18H17F3N2O3/c1-10-8-12(18(6-7-18)15(19)16(20)21)3-4-13(10)26-14-5-2-11(9-22-14)17(24)23-25/h2-5,8-9,15-16,25H,6-7H2,1H3,(H,23,24). The number of nitrogens with one attached hydrogen (secondary N) is 1. The van der Waals surface area contributed by atoms with Crippen LogP contribution in [0.25, 0.3) is 0 Å². The number of aromatic nitrogens is 1. The highest BCUT2D eigenvalue weighted by Gasteiger charge is 2.55. The van der Waals surface area contributed by atoms with Gasteiger partial charge in [-0.3, -0.25) is 10.0 Å². The van der Waals surface area contributed by atoms with E-state index in [1.165, 1.54) is 23.8 Å². The van der Waals surface area contributed by atoms with Gasteiger partial charge in [-0.15, -0.1) is 0 Å². The summed E-state index contributed by atoms with van der Waals surface area (Å²) in [6.07, 6.45) is -3.16. The molecule has 1 aromatic heterocycles. The van der Waals surface area contributed by atoms with Crippen molar-refractivity contribution in [2.24, 2.45) is 0 Å². The molecule has 1 fully saturated rings. The van der Waals surface area contributed by atoms with Crippen LogP contribution < -0.4 is 10.2 Å². The van der Waals surface area contributed by atoms with Crippen molar-refractivity contribution in [1.82, 2.24) is 10.5 Å². The van der Waals surface area contributed by atoms with Crippen LogP contribution in [0.4, 0.5) is 13.2 Å². The lowest BCUT2D eigenvalue weighted by molar-refractivity contribution is 0.0280. The van der Waals surface area contributed by atoms with Gasteiger partial charge in [0, 0.05) is 17.7 Å². The summed E-state index contributed by atoms with van der Waals surface area (Å²) in [5, 5.41) is 8.57. The highest BCUT2D eigenvalue weighted by atomic mass is 19.3. The Morgan fingerprint density at radius 2 is 2.00 bits per heavy atom. The number of ether oxygens (including phenoxy) is 1. The molecule has 138 valence electrons. The van der Waals surface area contributed by atoms with Gasteiger partial charge < -0.3 is 4.74 Å². The third kappa shape index (κ3) is 3.37. The molecule has 3 rings (SSSR count). The van der Waals surface area contributed by atoms with Crippen molar-refractivity contribution >= 4 is 5.91 Å². The van der Waals surface area contributed by atoms with Crippen molar-refractivity contribution in [2.45, 2.75) is 37.8 Å². The van der Waals surface area contributed by atoms with E-state index in [0.29, 0.717) is 29.7 Å². The fraction of sp³-hybridized carbons (Fsp3) is 0.333. The van der Waals surface area contributed by atoms with Crippen molar-refractivity contribution < 1.29 is 27.9 Å². The van der Waals surface area contributed by atoms with Crippen LogP contribution in [-0.2, 0) is 5.41 Å². The molecule has 0 saturated heterocycles. The number of alkyl halides is 3. The molecule has 1 aromatic carbocycles. The van der Waals surface area contributed by atoms with Crippen LogP contribution in [0, 0.1) is 6.92 Å². The van der Waals surface area contributed by atoms with E-state index in [4.69, 9.17) is 9.94 Å². The molecule has 1 unspecified atom stereocenters. The van der Waals surface area contributed by atoms with Gasteiger partial charge in [-0.2, -0.15) is 0 Å². The second-order valence-electron chi connectivity index (χ2n) is 6.30. The zero-order chi connectivity index (χ0) is 18.9. The highest BCUT2D eigenvalue weighted by molar-refractivity contribution is 5.92. The number of nitrogens with zero attached hydrogens (tertiary/aromatic N) is 1. The maximum atomic E-state index is 13.9. The van der Waals surface area contributed by atoms with E-state index >= 15 is 0 Å². The Morgan fingerprint density at radius 1 is 1.27 bits per heavy atom. The zero-order valence-corrected chi connectivity index (χ0v) is 13.9. The van der Waals surface area contributed by atoms with Crippen molar-refractivity contribution in [3.63, 3.8) is 0 Å². The van der Waals surface area contributed by atoms with Crippen LogP contribution in [-0.4, -0.2) is 28.7 Å². The number of hydrogen-bond acceptors (Lipinski definition) is 4. The number of aryl methyl sites for hydroxylation is 1. The predicted octanol–water partition coefficient (Wildman–Crippen LogP) is 3.94. The molecule has 0 spiro atoms. The first-order valence-corrected chi connectivity index (χ1v) is 7.99. The number of carbonyl (C=O) groups excluding carboxylic acids is 1. The van der Waals surface area contributed by atoms with Crippen LogP contribution in [0.15, 0.2) is 36.5 Å². The summed E-state index contributed by atoms with van der Waals surface area (Å²) in [5.74, 6) is -0.0320. The monoisotopic (exact) mass is 366 g/mol. The lowest BCUT2D eigenvalue weighted by atomic mass is 9.90. The third-order valence-corrected chi connectivity index (χ3v) is 4.60. The summed E-state index contributed by atoms with van der Waals surface area (Å²) in [6.45, 7) is 1.73. The summed E-state index contributed by atoms with van der Waals surface area (Å²) >= 11 is 0. The molecule has 1 amide bonds. The Morgan fingerprint density at radius 3 is 2.50 bits per heavy atom. The van der Waals surface area contributed by atoms with Crippen LogP contribution in [0.2, 0.25) is 0 Å². The van der Waals surface area contributed by atoms with E-state index in [1.54, 1.807) is 25.1 Å². The van der Waals surface area contributed by atoms with Crippen molar-refractivity contribution in [1.29, 1.82) is 0 Å². The molecule has 2 N–H and O–H groups in total. The summed E-state index contributed by atoms with van der Waals surface area (Å²) < 4.78 is 45.1. The first kappa shape index (κ1) is 18.2. The summed E-state index contributed by atoms with van der Waals surface area (Å²) in [5.41, 5.74) is 1.75. The SMILES string of the molecule is Cc1cc(C2(C(F)C(F)F)CC2)ccc1Oc1ccc(C(=O)NO)cn1. The van der Waals surface area contributed by atoms with E-state index < -0.39 is 23.9 Å². The average molecular weight is 366 g/mol. The number of hydroxylamine groups is 1. The Labute approximate surface area is 147 Å². The highest BCUT2D eigenvalue weighted by Crippen LogP contribution is 2.54. The van der Waals surface area contributed by atoms with Gasteiger partial charge in [-0.25, -0.2) is 23.6 Å². The molecular weight excluding hydrogens is 349 g/mol. The van der Waals surface area contributed by atoms with Crippen molar-refractivity contribution in [2.75, 3.05) is 0 Å². The van der Waals surface area contributed by atoms with Crippen LogP contribution in [0.5, 0.6) is 11.6 Å². The number of hydrogen-bond donors (Lipinski definition) is 2. The molecule has 0 radical (unpaired) electrons. The van der Waals surface area contributed by atoms with Crippen molar-refractivity contribution in [3.8, 4) is 11.6 Å². The summed E-state index contributed by atoms with van der Waals surface area (Å²) in [6, 6.07) is 7.73. The van der Waals surface area contributed by atoms with E-state index in [-0.39, 0.29) is 11.4 Å². The summed E-state index contributed by atoms with van der Waals surface area (Å²) in [4.78, 5) is 15.2.